The van der Waals surface area contributed by atoms with E-state index in [1.54, 1.807) is 6.07 Å². The van der Waals surface area contributed by atoms with E-state index in [2.05, 4.69) is 18.7 Å². The van der Waals surface area contributed by atoms with E-state index in [1.165, 1.54) is 11.3 Å². The lowest BCUT2D eigenvalue weighted by molar-refractivity contribution is 0.0466. The molecule has 0 saturated heterocycles. The van der Waals surface area contributed by atoms with Gasteiger partial charge in [0, 0.05) is 12.6 Å². The average Bonchev–Trinajstić information content (AvgIpc) is 2.70. The second-order valence-corrected chi connectivity index (χ2v) is 4.64. The molecule has 1 rings (SSSR count). The summed E-state index contributed by atoms with van der Waals surface area (Å²) in [6, 6.07) is 4.10. The molecule has 15 heavy (non-hydrogen) atoms. The van der Waals surface area contributed by atoms with Crippen molar-refractivity contribution in [3.63, 3.8) is 0 Å². The molecule has 0 spiro atoms. The van der Waals surface area contributed by atoms with Crippen LogP contribution in [0.1, 0.15) is 23.5 Å². The van der Waals surface area contributed by atoms with Gasteiger partial charge >= 0.3 is 5.97 Å². The van der Waals surface area contributed by atoms with E-state index < -0.39 is 0 Å². The van der Waals surface area contributed by atoms with E-state index in [-0.39, 0.29) is 5.97 Å². The first-order chi connectivity index (χ1) is 7.11. The highest BCUT2D eigenvalue weighted by molar-refractivity contribution is 7.11. The highest BCUT2D eigenvalue weighted by atomic mass is 32.1. The molecule has 0 aliphatic rings. The normalized spacial score (nSPS) is 11.0. The number of nitrogens with zero attached hydrogens (tertiary/aromatic N) is 1. The first-order valence-corrected chi connectivity index (χ1v) is 5.90. The van der Waals surface area contributed by atoms with Crippen molar-refractivity contribution in [1.82, 2.24) is 4.90 Å². The summed E-state index contributed by atoms with van der Waals surface area (Å²) in [5, 5.41) is 1.87. The Hall–Kier alpha value is -0.870. The Morgan fingerprint density at radius 3 is 2.87 bits per heavy atom. The molecule has 0 unspecified atom stereocenters. The number of esters is 1. The van der Waals surface area contributed by atoms with Crippen molar-refractivity contribution in [3.8, 4) is 0 Å². The number of likely N-dealkylation sites (N-methyl/N-ethyl adjacent to an activating group) is 1. The standard InChI is InChI=1S/C11H17NO2S/c1-9(2)12(3)6-7-14-11(13)10-5-4-8-15-10/h4-5,8-9H,6-7H2,1-3H3. The summed E-state index contributed by atoms with van der Waals surface area (Å²) in [4.78, 5) is 14.2. The summed E-state index contributed by atoms with van der Waals surface area (Å²) in [5.41, 5.74) is 0. The van der Waals surface area contributed by atoms with Crippen LogP contribution in [-0.2, 0) is 4.74 Å². The predicted octanol–water partition coefficient (Wildman–Crippen LogP) is 2.25. The molecule has 1 aromatic rings. The molecule has 0 aliphatic heterocycles. The minimum atomic E-state index is -0.220. The van der Waals surface area contributed by atoms with Crippen molar-refractivity contribution in [2.75, 3.05) is 20.2 Å². The number of ether oxygens (including phenoxy) is 1. The number of carbonyl (C=O) groups is 1. The molecule has 0 aromatic carbocycles. The Bertz CT molecular complexity index is 296. The number of hydrogen-bond acceptors (Lipinski definition) is 4. The van der Waals surface area contributed by atoms with Crippen LogP contribution in [0.15, 0.2) is 17.5 Å². The van der Waals surface area contributed by atoms with E-state index in [9.17, 15) is 4.79 Å². The van der Waals surface area contributed by atoms with Crippen LogP contribution in [0.5, 0.6) is 0 Å². The first-order valence-electron chi connectivity index (χ1n) is 5.02. The lowest BCUT2D eigenvalue weighted by Crippen LogP contribution is -2.30. The summed E-state index contributed by atoms with van der Waals surface area (Å²) in [7, 11) is 2.02. The lowest BCUT2D eigenvalue weighted by atomic mass is 10.3. The van der Waals surface area contributed by atoms with Crippen LogP contribution in [0.3, 0.4) is 0 Å². The Labute approximate surface area is 94.7 Å². The molecular weight excluding hydrogens is 210 g/mol. The maximum absolute atomic E-state index is 11.4. The molecule has 84 valence electrons. The summed E-state index contributed by atoms with van der Waals surface area (Å²) >= 11 is 1.41. The molecule has 3 nitrogen and oxygen atoms in total. The zero-order chi connectivity index (χ0) is 11.3. The molecule has 0 bridgehead atoms. The van der Waals surface area contributed by atoms with Crippen LogP contribution in [0.2, 0.25) is 0 Å². The fourth-order valence-corrected chi connectivity index (χ4v) is 1.62. The maximum atomic E-state index is 11.4. The zero-order valence-electron chi connectivity index (χ0n) is 9.40. The number of rotatable bonds is 5. The Kier molecular flexibility index (Phi) is 4.78. The van der Waals surface area contributed by atoms with Crippen LogP contribution in [0.25, 0.3) is 0 Å². The van der Waals surface area contributed by atoms with Gasteiger partial charge in [0.25, 0.3) is 0 Å². The van der Waals surface area contributed by atoms with Gasteiger partial charge in [0.15, 0.2) is 0 Å². The van der Waals surface area contributed by atoms with E-state index >= 15 is 0 Å². The van der Waals surface area contributed by atoms with Crippen molar-refractivity contribution in [2.45, 2.75) is 19.9 Å². The first kappa shape index (κ1) is 12.2. The molecule has 0 aliphatic carbocycles. The number of carbonyl (C=O) groups excluding carboxylic acids is 1. The van der Waals surface area contributed by atoms with Crippen molar-refractivity contribution in [1.29, 1.82) is 0 Å². The lowest BCUT2D eigenvalue weighted by Gasteiger charge is -2.20. The summed E-state index contributed by atoms with van der Waals surface area (Å²) in [5.74, 6) is -0.220. The minimum absolute atomic E-state index is 0.220. The van der Waals surface area contributed by atoms with Crippen molar-refractivity contribution in [2.24, 2.45) is 0 Å². The fraction of sp³-hybridized carbons (Fsp3) is 0.545. The van der Waals surface area contributed by atoms with Crippen molar-refractivity contribution in [3.05, 3.63) is 22.4 Å². The molecule has 0 N–H and O–H groups in total. The highest BCUT2D eigenvalue weighted by Gasteiger charge is 2.08. The molecule has 0 fully saturated rings. The van der Waals surface area contributed by atoms with E-state index in [0.717, 1.165) is 6.54 Å². The molecule has 1 heterocycles. The summed E-state index contributed by atoms with van der Waals surface area (Å²) in [6.45, 7) is 5.45. The van der Waals surface area contributed by atoms with Gasteiger partial charge in [0.05, 0.1) is 0 Å². The molecular formula is C11H17NO2S. The molecule has 4 heteroatoms. The summed E-state index contributed by atoms with van der Waals surface area (Å²) < 4.78 is 5.14. The SMILES string of the molecule is CC(C)N(C)CCOC(=O)c1cccs1. The Morgan fingerprint density at radius 1 is 1.60 bits per heavy atom. The molecule has 0 saturated carbocycles. The van der Waals surface area contributed by atoms with Crippen molar-refractivity contribution < 1.29 is 9.53 Å². The van der Waals surface area contributed by atoms with Crippen LogP contribution < -0.4 is 0 Å². The van der Waals surface area contributed by atoms with E-state index in [4.69, 9.17) is 4.74 Å². The summed E-state index contributed by atoms with van der Waals surface area (Å²) in [6.07, 6.45) is 0. The molecule has 0 radical (unpaired) electrons. The Morgan fingerprint density at radius 2 is 2.33 bits per heavy atom. The van der Waals surface area contributed by atoms with Gasteiger partial charge in [-0.3, -0.25) is 0 Å². The topological polar surface area (TPSA) is 29.5 Å². The van der Waals surface area contributed by atoms with Gasteiger partial charge in [-0.2, -0.15) is 0 Å². The zero-order valence-corrected chi connectivity index (χ0v) is 10.2. The van der Waals surface area contributed by atoms with Crippen LogP contribution in [0.4, 0.5) is 0 Å². The van der Waals surface area contributed by atoms with Gasteiger partial charge in [0.1, 0.15) is 11.5 Å². The second kappa shape index (κ2) is 5.88. The quantitative estimate of drug-likeness (QED) is 0.723. The third-order valence-corrected chi connectivity index (χ3v) is 3.13. The monoisotopic (exact) mass is 227 g/mol. The third kappa shape index (κ3) is 4.01. The third-order valence-electron chi connectivity index (χ3n) is 2.28. The van der Waals surface area contributed by atoms with Gasteiger partial charge < -0.3 is 9.64 Å². The van der Waals surface area contributed by atoms with E-state index in [1.807, 2.05) is 18.5 Å². The molecule has 1 aromatic heterocycles. The molecule has 0 atom stereocenters. The average molecular weight is 227 g/mol. The smallest absolute Gasteiger partial charge is 0.348 e. The van der Waals surface area contributed by atoms with Gasteiger partial charge in [-0.15, -0.1) is 11.3 Å². The largest absolute Gasteiger partial charge is 0.460 e. The van der Waals surface area contributed by atoms with Gasteiger partial charge in [-0.05, 0) is 32.3 Å². The van der Waals surface area contributed by atoms with Gasteiger partial charge in [-0.1, -0.05) is 6.07 Å². The van der Waals surface area contributed by atoms with Crippen LogP contribution >= 0.6 is 11.3 Å². The molecule has 0 amide bonds. The second-order valence-electron chi connectivity index (χ2n) is 3.69. The van der Waals surface area contributed by atoms with Gasteiger partial charge in [0.2, 0.25) is 0 Å². The minimum Gasteiger partial charge on any atom is -0.460 e. The fourth-order valence-electron chi connectivity index (χ4n) is 1.01. The van der Waals surface area contributed by atoms with Crippen molar-refractivity contribution >= 4 is 17.3 Å². The Balaban J connectivity index is 2.24. The number of thiophene rings is 1. The van der Waals surface area contributed by atoms with Crippen LogP contribution in [0, 0.1) is 0 Å². The van der Waals surface area contributed by atoms with Crippen LogP contribution in [-0.4, -0.2) is 37.1 Å². The highest BCUT2D eigenvalue weighted by Crippen LogP contribution is 2.09. The predicted molar refractivity (Wildman–Crippen MR) is 62.4 cm³/mol. The van der Waals surface area contributed by atoms with E-state index in [0.29, 0.717) is 17.5 Å². The maximum Gasteiger partial charge on any atom is 0.348 e. The number of hydrogen-bond donors (Lipinski definition) is 0. The van der Waals surface area contributed by atoms with Gasteiger partial charge in [-0.25, -0.2) is 4.79 Å².